The number of halogens is 1. The summed E-state index contributed by atoms with van der Waals surface area (Å²) in [5.41, 5.74) is 1.78. The van der Waals surface area contributed by atoms with Gasteiger partial charge in [0.05, 0.1) is 0 Å². The maximum absolute atomic E-state index is 6.09. The highest BCUT2D eigenvalue weighted by Crippen LogP contribution is 2.24. The van der Waals surface area contributed by atoms with E-state index in [-0.39, 0.29) is 6.04 Å². The van der Waals surface area contributed by atoms with E-state index in [1.165, 1.54) is 0 Å². The van der Waals surface area contributed by atoms with Gasteiger partial charge in [-0.2, -0.15) is 0 Å². The highest BCUT2D eigenvalue weighted by atomic mass is 35.5. The summed E-state index contributed by atoms with van der Waals surface area (Å²) in [6.07, 6.45) is 3.46. The lowest BCUT2D eigenvalue weighted by molar-refractivity contribution is 0.887. The first-order valence-corrected chi connectivity index (χ1v) is 8.06. The minimum atomic E-state index is 0.265. The van der Waals surface area contributed by atoms with Crippen molar-refractivity contribution in [3.8, 4) is 11.4 Å². The number of anilines is 3. The van der Waals surface area contributed by atoms with E-state index in [1.54, 1.807) is 12.4 Å². The lowest BCUT2D eigenvalue weighted by atomic mass is 10.2. The Labute approximate surface area is 146 Å². The molecule has 1 aromatic carbocycles. The summed E-state index contributed by atoms with van der Waals surface area (Å²) in [5.74, 6) is 2.07. The number of rotatable bonds is 5. The van der Waals surface area contributed by atoms with Gasteiger partial charge in [-0.15, -0.1) is 0 Å². The van der Waals surface area contributed by atoms with Crippen LogP contribution in [0.25, 0.3) is 11.4 Å². The molecule has 0 bridgehead atoms. The summed E-state index contributed by atoms with van der Waals surface area (Å²) in [4.78, 5) is 13.2. The molecular formula is C18H18ClN5. The van der Waals surface area contributed by atoms with Gasteiger partial charge in [-0.05, 0) is 38.1 Å². The molecule has 2 N–H and O–H groups in total. The van der Waals surface area contributed by atoms with Crippen molar-refractivity contribution in [2.24, 2.45) is 0 Å². The smallest absolute Gasteiger partial charge is 0.163 e. The summed E-state index contributed by atoms with van der Waals surface area (Å²) in [5, 5.41) is 7.25. The molecule has 0 unspecified atom stereocenters. The van der Waals surface area contributed by atoms with E-state index < -0.39 is 0 Å². The molecular weight excluding hydrogens is 322 g/mol. The molecule has 0 atom stereocenters. The summed E-state index contributed by atoms with van der Waals surface area (Å²) in [6, 6.07) is 13.4. The van der Waals surface area contributed by atoms with E-state index in [1.807, 2.05) is 42.5 Å². The van der Waals surface area contributed by atoms with Crippen LogP contribution in [-0.4, -0.2) is 21.0 Å². The van der Waals surface area contributed by atoms with Gasteiger partial charge in [-0.25, -0.2) is 9.97 Å². The van der Waals surface area contributed by atoms with Crippen LogP contribution >= 0.6 is 11.6 Å². The maximum Gasteiger partial charge on any atom is 0.163 e. The molecule has 0 aliphatic rings. The molecule has 122 valence electrons. The Hall–Kier alpha value is -2.66. The number of aromatic nitrogens is 3. The van der Waals surface area contributed by atoms with Crippen LogP contribution in [0, 0.1) is 0 Å². The minimum absolute atomic E-state index is 0.265. The number of hydrogen-bond donors (Lipinski definition) is 2. The van der Waals surface area contributed by atoms with Crippen LogP contribution in [0.5, 0.6) is 0 Å². The summed E-state index contributed by atoms with van der Waals surface area (Å²) < 4.78 is 0. The normalized spacial score (nSPS) is 10.7. The van der Waals surface area contributed by atoms with Crippen LogP contribution < -0.4 is 10.6 Å². The van der Waals surface area contributed by atoms with Crippen molar-refractivity contribution in [2.45, 2.75) is 19.9 Å². The Balaban J connectivity index is 2.00. The van der Waals surface area contributed by atoms with E-state index in [0.717, 1.165) is 17.1 Å². The van der Waals surface area contributed by atoms with Gasteiger partial charge in [-0.1, -0.05) is 23.7 Å². The highest BCUT2D eigenvalue weighted by molar-refractivity contribution is 6.30. The number of nitrogens with one attached hydrogen (secondary N) is 2. The molecule has 0 saturated carbocycles. The van der Waals surface area contributed by atoms with Gasteiger partial charge in [0.25, 0.3) is 0 Å². The fraction of sp³-hybridized carbons (Fsp3) is 0.167. The summed E-state index contributed by atoms with van der Waals surface area (Å²) in [7, 11) is 0. The molecule has 0 aliphatic carbocycles. The average Bonchev–Trinajstić information content (AvgIpc) is 2.55. The molecule has 2 aromatic heterocycles. The zero-order valence-electron chi connectivity index (χ0n) is 13.5. The lowest BCUT2D eigenvalue weighted by Crippen LogP contribution is -2.12. The summed E-state index contributed by atoms with van der Waals surface area (Å²) >= 11 is 6.09. The molecule has 3 rings (SSSR count). The molecule has 5 nitrogen and oxygen atoms in total. The average molecular weight is 340 g/mol. The third-order valence-electron chi connectivity index (χ3n) is 3.20. The molecule has 0 aliphatic heterocycles. The van der Waals surface area contributed by atoms with Crippen LogP contribution in [0.1, 0.15) is 13.8 Å². The molecule has 0 saturated heterocycles. The quantitative estimate of drug-likeness (QED) is 0.702. The molecule has 0 amide bonds. The minimum Gasteiger partial charge on any atom is -0.368 e. The fourth-order valence-electron chi connectivity index (χ4n) is 2.22. The Kier molecular flexibility index (Phi) is 4.91. The van der Waals surface area contributed by atoms with Crippen LogP contribution in [-0.2, 0) is 0 Å². The second-order valence-electron chi connectivity index (χ2n) is 5.63. The molecule has 2 heterocycles. The van der Waals surface area contributed by atoms with E-state index >= 15 is 0 Å². The monoisotopic (exact) mass is 339 g/mol. The van der Waals surface area contributed by atoms with Crippen molar-refractivity contribution in [2.75, 3.05) is 10.6 Å². The van der Waals surface area contributed by atoms with E-state index in [2.05, 4.69) is 39.4 Å². The Bertz CT molecular complexity index is 821. The lowest BCUT2D eigenvalue weighted by Gasteiger charge is -2.13. The Morgan fingerprint density at radius 1 is 0.958 bits per heavy atom. The molecule has 24 heavy (non-hydrogen) atoms. The van der Waals surface area contributed by atoms with Crippen LogP contribution in [0.15, 0.2) is 54.9 Å². The van der Waals surface area contributed by atoms with Crippen molar-refractivity contribution in [3.63, 3.8) is 0 Å². The fourth-order valence-corrected chi connectivity index (χ4v) is 2.41. The largest absolute Gasteiger partial charge is 0.368 e. The van der Waals surface area contributed by atoms with Gasteiger partial charge >= 0.3 is 0 Å². The van der Waals surface area contributed by atoms with Gasteiger partial charge in [0.15, 0.2) is 5.82 Å². The zero-order valence-corrected chi connectivity index (χ0v) is 14.2. The standard InChI is InChI=1S/C18H18ClN5/c1-12(2)21-16-11-17(22-15-6-8-20-9-7-15)24-18(23-16)13-4-3-5-14(19)10-13/h3-12H,1-2H3,(H2,20,21,22,23,24). The summed E-state index contributed by atoms with van der Waals surface area (Å²) in [6.45, 7) is 4.13. The molecule has 3 aromatic rings. The van der Waals surface area contributed by atoms with Gasteiger partial charge in [0, 0.05) is 40.8 Å². The van der Waals surface area contributed by atoms with Crippen LogP contribution in [0.2, 0.25) is 5.02 Å². The zero-order chi connectivity index (χ0) is 16.9. The second kappa shape index (κ2) is 7.27. The van der Waals surface area contributed by atoms with Gasteiger partial charge < -0.3 is 10.6 Å². The first kappa shape index (κ1) is 16.2. The van der Waals surface area contributed by atoms with Gasteiger partial charge in [0.2, 0.25) is 0 Å². The Morgan fingerprint density at radius 2 is 1.71 bits per heavy atom. The van der Waals surface area contributed by atoms with Crippen molar-refractivity contribution >= 4 is 28.9 Å². The second-order valence-corrected chi connectivity index (χ2v) is 6.07. The molecule has 0 fully saturated rings. The van der Waals surface area contributed by atoms with Crippen LogP contribution in [0.4, 0.5) is 17.3 Å². The first-order valence-electron chi connectivity index (χ1n) is 7.69. The van der Waals surface area contributed by atoms with Gasteiger partial charge in [-0.3, -0.25) is 4.98 Å². The third-order valence-corrected chi connectivity index (χ3v) is 3.43. The third kappa shape index (κ3) is 4.20. The van der Waals surface area contributed by atoms with Gasteiger partial charge in [0.1, 0.15) is 11.6 Å². The SMILES string of the molecule is CC(C)Nc1cc(Nc2ccncc2)nc(-c2cccc(Cl)c2)n1. The topological polar surface area (TPSA) is 62.7 Å². The Morgan fingerprint density at radius 3 is 2.42 bits per heavy atom. The molecule has 0 spiro atoms. The predicted octanol–water partition coefficient (Wildman–Crippen LogP) is 4.76. The van der Waals surface area contributed by atoms with Crippen molar-refractivity contribution in [1.82, 2.24) is 15.0 Å². The van der Waals surface area contributed by atoms with E-state index in [9.17, 15) is 0 Å². The number of pyridine rings is 1. The number of hydrogen-bond acceptors (Lipinski definition) is 5. The highest BCUT2D eigenvalue weighted by Gasteiger charge is 2.09. The van der Waals surface area contributed by atoms with E-state index in [4.69, 9.17) is 11.6 Å². The number of nitrogens with zero attached hydrogens (tertiary/aromatic N) is 3. The number of benzene rings is 1. The molecule has 6 heteroatoms. The van der Waals surface area contributed by atoms with Crippen LogP contribution in [0.3, 0.4) is 0 Å². The van der Waals surface area contributed by atoms with Crippen molar-refractivity contribution in [1.29, 1.82) is 0 Å². The maximum atomic E-state index is 6.09. The van der Waals surface area contributed by atoms with Crippen molar-refractivity contribution in [3.05, 3.63) is 59.9 Å². The first-order chi connectivity index (χ1) is 11.6. The van der Waals surface area contributed by atoms with Crippen molar-refractivity contribution < 1.29 is 0 Å². The van der Waals surface area contributed by atoms with E-state index in [0.29, 0.717) is 16.7 Å². The predicted molar refractivity (Wildman–Crippen MR) is 98.8 cm³/mol. The molecule has 0 radical (unpaired) electrons.